The van der Waals surface area contributed by atoms with Gasteiger partial charge in [-0.3, -0.25) is 4.79 Å². The maximum absolute atomic E-state index is 12.8. The first-order valence-corrected chi connectivity index (χ1v) is 10.1. The van der Waals surface area contributed by atoms with Gasteiger partial charge in [0, 0.05) is 11.1 Å². The number of carbonyl (C=O) groups is 1. The Hall–Kier alpha value is -3.16. The lowest BCUT2D eigenvalue weighted by Gasteiger charge is -2.19. The average Bonchev–Trinajstić information content (AvgIpc) is 3.21. The van der Waals surface area contributed by atoms with Gasteiger partial charge < -0.3 is 9.73 Å². The molecule has 0 saturated carbocycles. The van der Waals surface area contributed by atoms with Crippen LogP contribution in [0, 0.1) is 0 Å². The molecule has 1 heterocycles. The molecule has 0 unspecified atom stereocenters. The van der Waals surface area contributed by atoms with E-state index in [0.29, 0.717) is 11.4 Å². The Morgan fingerprint density at radius 2 is 1.64 bits per heavy atom. The molecule has 0 aliphatic heterocycles. The summed E-state index contributed by atoms with van der Waals surface area (Å²) < 4.78 is 32.0. The van der Waals surface area contributed by atoms with Crippen molar-refractivity contribution in [2.75, 3.05) is 11.9 Å². The Morgan fingerprint density at radius 3 is 2.29 bits per heavy atom. The van der Waals surface area contributed by atoms with Gasteiger partial charge in [0.05, 0.1) is 19.4 Å². The highest BCUT2D eigenvalue weighted by atomic mass is 32.2. The number of furan rings is 1. The number of nitrogens with zero attached hydrogens (tertiary/aromatic N) is 1. The normalized spacial score (nSPS) is 11.8. The summed E-state index contributed by atoms with van der Waals surface area (Å²) in [5.74, 6) is 0.0126. The number of hydrogen-bond acceptors (Lipinski definition) is 4. The molecule has 0 bridgehead atoms. The van der Waals surface area contributed by atoms with Crippen LogP contribution in [-0.4, -0.2) is 25.2 Å². The fourth-order valence-electron chi connectivity index (χ4n) is 2.51. The number of amides is 1. The SMILES string of the molecule is O=C(CN(Cc1ccco1)S(=O)(=O)C=Cc1ccccc1)Nc1ccccc1. The molecule has 1 amide bonds. The van der Waals surface area contributed by atoms with E-state index in [0.717, 1.165) is 15.3 Å². The summed E-state index contributed by atoms with van der Waals surface area (Å²) in [6.45, 7) is -0.381. The van der Waals surface area contributed by atoms with E-state index < -0.39 is 15.9 Å². The van der Waals surface area contributed by atoms with Crippen LogP contribution in [0.4, 0.5) is 5.69 Å². The molecule has 0 aliphatic rings. The van der Waals surface area contributed by atoms with E-state index in [-0.39, 0.29) is 13.1 Å². The van der Waals surface area contributed by atoms with Gasteiger partial charge in [-0.1, -0.05) is 48.5 Å². The van der Waals surface area contributed by atoms with Gasteiger partial charge in [0.25, 0.3) is 0 Å². The number of nitrogens with one attached hydrogen (secondary N) is 1. The summed E-state index contributed by atoms with van der Waals surface area (Å²) in [5, 5.41) is 3.80. The minimum absolute atomic E-state index is 0.0450. The van der Waals surface area contributed by atoms with Crippen molar-refractivity contribution in [3.8, 4) is 0 Å². The second-order valence-corrected chi connectivity index (χ2v) is 7.84. The first-order chi connectivity index (χ1) is 13.5. The quantitative estimate of drug-likeness (QED) is 0.629. The third kappa shape index (κ3) is 5.67. The van der Waals surface area contributed by atoms with Gasteiger partial charge in [-0.05, 0) is 35.9 Å². The summed E-state index contributed by atoms with van der Waals surface area (Å²) in [4.78, 5) is 12.4. The first-order valence-electron chi connectivity index (χ1n) is 8.63. The second kappa shape index (κ2) is 9.16. The van der Waals surface area contributed by atoms with E-state index in [4.69, 9.17) is 4.42 Å². The fourth-order valence-corrected chi connectivity index (χ4v) is 3.61. The number of benzene rings is 2. The van der Waals surface area contributed by atoms with Crippen molar-refractivity contribution in [3.63, 3.8) is 0 Å². The van der Waals surface area contributed by atoms with Crippen LogP contribution < -0.4 is 5.32 Å². The summed E-state index contributed by atoms with van der Waals surface area (Å²) in [7, 11) is -3.85. The molecule has 0 radical (unpaired) electrons. The number of para-hydroxylation sites is 1. The van der Waals surface area contributed by atoms with Crippen molar-refractivity contribution >= 4 is 27.7 Å². The minimum Gasteiger partial charge on any atom is -0.468 e. The van der Waals surface area contributed by atoms with E-state index in [1.165, 1.54) is 12.3 Å². The van der Waals surface area contributed by atoms with Gasteiger partial charge in [0.1, 0.15) is 5.76 Å². The molecule has 144 valence electrons. The van der Waals surface area contributed by atoms with Crippen LogP contribution in [0.25, 0.3) is 6.08 Å². The van der Waals surface area contributed by atoms with E-state index >= 15 is 0 Å². The number of rotatable bonds is 8. The molecular weight excluding hydrogens is 376 g/mol. The zero-order valence-electron chi connectivity index (χ0n) is 15.1. The number of carbonyl (C=O) groups excluding carboxylic acids is 1. The Kier molecular flexibility index (Phi) is 6.41. The lowest BCUT2D eigenvalue weighted by atomic mass is 10.2. The summed E-state index contributed by atoms with van der Waals surface area (Å²) >= 11 is 0. The van der Waals surface area contributed by atoms with E-state index in [1.54, 1.807) is 48.5 Å². The molecule has 7 heteroatoms. The standard InChI is InChI=1S/C21H20N2O4S/c24-21(22-19-10-5-2-6-11-19)17-23(16-20-12-7-14-27-20)28(25,26)15-13-18-8-3-1-4-9-18/h1-15H,16-17H2,(H,22,24). The Bertz CT molecular complexity index is 1010. The smallest absolute Gasteiger partial charge is 0.239 e. The Balaban J connectivity index is 1.77. The van der Waals surface area contributed by atoms with Crippen molar-refractivity contribution in [2.24, 2.45) is 0 Å². The van der Waals surface area contributed by atoms with Crippen molar-refractivity contribution < 1.29 is 17.6 Å². The van der Waals surface area contributed by atoms with Gasteiger partial charge >= 0.3 is 0 Å². The second-order valence-electron chi connectivity index (χ2n) is 6.02. The predicted molar refractivity (Wildman–Crippen MR) is 109 cm³/mol. The average molecular weight is 396 g/mol. The third-order valence-electron chi connectivity index (χ3n) is 3.88. The van der Waals surface area contributed by atoms with Crippen LogP contribution in [0.2, 0.25) is 0 Å². The molecule has 0 atom stereocenters. The fraction of sp³-hybridized carbons (Fsp3) is 0.0952. The lowest BCUT2D eigenvalue weighted by Crippen LogP contribution is -2.36. The van der Waals surface area contributed by atoms with Crippen LogP contribution in [0.15, 0.2) is 88.9 Å². The molecule has 2 aromatic carbocycles. The highest BCUT2D eigenvalue weighted by Gasteiger charge is 2.23. The molecule has 0 spiro atoms. The van der Waals surface area contributed by atoms with Crippen LogP contribution >= 0.6 is 0 Å². The van der Waals surface area contributed by atoms with E-state index in [1.807, 2.05) is 24.3 Å². The zero-order chi connectivity index (χ0) is 19.8. The lowest BCUT2D eigenvalue weighted by molar-refractivity contribution is -0.116. The van der Waals surface area contributed by atoms with E-state index in [2.05, 4.69) is 5.32 Å². The third-order valence-corrected chi connectivity index (χ3v) is 5.34. The summed E-state index contributed by atoms with van der Waals surface area (Å²) in [5.41, 5.74) is 1.35. The Morgan fingerprint density at radius 1 is 0.964 bits per heavy atom. The van der Waals surface area contributed by atoms with Gasteiger partial charge in [0.2, 0.25) is 15.9 Å². The topological polar surface area (TPSA) is 79.6 Å². The van der Waals surface area contributed by atoms with Crippen LogP contribution in [-0.2, 0) is 21.4 Å². The molecule has 1 N–H and O–H groups in total. The molecule has 3 aromatic rings. The molecule has 0 saturated heterocycles. The van der Waals surface area contributed by atoms with Gasteiger partial charge in [0.15, 0.2) is 0 Å². The maximum Gasteiger partial charge on any atom is 0.239 e. The number of anilines is 1. The summed E-state index contributed by atoms with van der Waals surface area (Å²) in [6.07, 6.45) is 2.96. The monoisotopic (exact) mass is 396 g/mol. The number of hydrogen-bond donors (Lipinski definition) is 1. The van der Waals surface area contributed by atoms with Gasteiger partial charge in [-0.15, -0.1) is 0 Å². The highest BCUT2D eigenvalue weighted by molar-refractivity contribution is 7.92. The maximum atomic E-state index is 12.8. The largest absolute Gasteiger partial charge is 0.468 e. The number of sulfonamides is 1. The van der Waals surface area contributed by atoms with Crippen molar-refractivity contribution in [2.45, 2.75) is 6.54 Å². The van der Waals surface area contributed by atoms with Crippen molar-refractivity contribution in [1.29, 1.82) is 0 Å². The molecule has 6 nitrogen and oxygen atoms in total. The highest BCUT2D eigenvalue weighted by Crippen LogP contribution is 2.14. The van der Waals surface area contributed by atoms with Crippen LogP contribution in [0.5, 0.6) is 0 Å². The summed E-state index contributed by atoms with van der Waals surface area (Å²) in [6, 6.07) is 21.3. The molecular formula is C21H20N2O4S. The molecule has 1 aromatic heterocycles. The molecule has 3 rings (SSSR count). The minimum atomic E-state index is -3.85. The van der Waals surface area contributed by atoms with Gasteiger partial charge in [-0.25, -0.2) is 8.42 Å². The zero-order valence-corrected chi connectivity index (χ0v) is 15.9. The van der Waals surface area contributed by atoms with Crippen LogP contribution in [0.3, 0.4) is 0 Å². The first kappa shape index (κ1) is 19.6. The van der Waals surface area contributed by atoms with Crippen molar-refractivity contribution in [3.05, 3.63) is 95.8 Å². The molecule has 0 aliphatic carbocycles. The van der Waals surface area contributed by atoms with E-state index in [9.17, 15) is 13.2 Å². The predicted octanol–water partition coefficient (Wildman–Crippen LogP) is 3.72. The Labute approximate surface area is 164 Å². The molecule has 0 fully saturated rings. The van der Waals surface area contributed by atoms with Crippen LogP contribution in [0.1, 0.15) is 11.3 Å². The molecule has 28 heavy (non-hydrogen) atoms. The van der Waals surface area contributed by atoms with Crippen molar-refractivity contribution in [1.82, 2.24) is 4.31 Å². The van der Waals surface area contributed by atoms with Gasteiger partial charge in [-0.2, -0.15) is 4.31 Å².